The molecule has 1 aromatic heterocycles. The predicted octanol–water partition coefficient (Wildman–Crippen LogP) is 2.93. The highest BCUT2D eigenvalue weighted by molar-refractivity contribution is 5.92. The second-order valence-corrected chi connectivity index (χ2v) is 6.36. The topological polar surface area (TPSA) is 76.0 Å². The average Bonchev–Trinajstić information content (AvgIpc) is 2.94. The number of imidazole rings is 1. The molecular weight excluding hydrogens is 328 g/mol. The number of carbonyl (C=O) groups excluding carboxylic acids is 2. The Morgan fingerprint density at radius 3 is 2.58 bits per heavy atom. The summed E-state index contributed by atoms with van der Waals surface area (Å²) in [4.78, 5) is 28.3. The number of aryl methyl sites for hydroxylation is 2. The normalized spacial score (nSPS) is 10.7. The van der Waals surface area contributed by atoms with Crippen molar-refractivity contribution < 1.29 is 9.59 Å². The third-order valence-electron chi connectivity index (χ3n) is 4.32. The van der Waals surface area contributed by atoms with E-state index in [4.69, 9.17) is 0 Å². The number of hydrogen-bond donors (Lipinski definition) is 2. The molecule has 0 saturated carbocycles. The van der Waals surface area contributed by atoms with E-state index in [2.05, 4.69) is 15.6 Å². The van der Waals surface area contributed by atoms with Crippen LogP contribution in [0.5, 0.6) is 0 Å². The van der Waals surface area contributed by atoms with E-state index >= 15 is 0 Å². The van der Waals surface area contributed by atoms with Crippen molar-refractivity contribution in [3.63, 3.8) is 0 Å². The number of rotatable bonds is 5. The zero-order valence-corrected chi connectivity index (χ0v) is 15.2. The van der Waals surface area contributed by atoms with Crippen LogP contribution in [0.4, 0.5) is 5.69 Å². The fraction of sp³-hybridized carbons (Fsp3) is 0.250. The van der Waals surface area contributed by atoms with Gasteiger partial charge in [0.25, 0.3) is 0 Å². The molecule has 2 aromatic carbocycles. The zero-order chi connectivity index (χ0) is 18.7. The Hall–Kier alpha value is -3.15. The number of benzene rings is 2. The maximum absolute atomic E-state index is 12.6. The van der Waals surface area contributed by atoms with Gasteiger partial charge in [0, 0.05) is 12.6 Å². The van der Waals surface area contributed by atoms with Gasteiger partial charge in [-0.25, -0.2) is 4.98 Å². The van der Waals surface area contributed by atoms with Crippen molar-refractivity contribution in [1.29, 1.82) is 0 Å². The zero-order valence-electron chi connectivity index (χ0n) is 15.2. The lowest BCUT2D eigenvalue weighted by molar-refractivity contribution is -0.119. The molecule has 3 rings (SSSR count). The van der Waals surface area contributed by atoms with Gasteiger partial charge in [-0.1, -0.05) is 18.2 Å². The molecule has 26 heavy (non-hydrogen) atoms. The molecule has 0 bridgehead atoms. The first kappa shape index (κ1) is 17.7. The van der Waals surface area contributed by atoms with Crippen molar-refractivity contribution in [1.82, 2.24) is 14.9 Å². The Balaban J connectivity index is 1.84. The maximum Gasteiger partial charge on any atom is 0.244 e. The summed E-state index contributed by atoms with van der Waals surface area (Å²) in [6.07, 6.45) is 0. The molecule has 0 unspecified atom stereocenters. The highest BCUT2D eigenvalue weighted by atomic mass is 16.2. The van der Waals surface area contributed by atoms with Crippen LogP contribution in [0.3, 0.4) is 0 Å². The standard InChI is InChI=1S/C20H22N4O2/c1-13-8-9-16(10-14(13)2)22-20(26)12-24-18-7-5-4-6-17(18)23-19(24)11-21-15(3)25/h4-10H,11-12H2,1-3H3,(H,21,25)(H,22,26). The van der Waals surface area contributed by atoms with Crippen molar-refractivity contribution in [2.24, 2.45) is 0 Å². The Bertz CT molecular complexity index is 975. The molecule has 0 fully saturated rings. The molecule has 134 valence electrons. The van der Waals surface area contributed by atoms with Crippen LogP contribution in [0.25, 0.3) is 11.0 Å². The summed E-state index contributed by atoms with van der Waals surface area (Å²) in [6, 6.07) is 13.5. The number of amides is 2. The lowest BCUT2D eigenvalue weighted by Gasteiger charge is -2.11. The van der Waals surface area contributed by atoms with Crippen molar-refractivity contribution in [2.75, 3.05) is 5.32 Å². The molecule has 0 radical (unpaired) electrons. The molecule has 3 aromatic rings. The molecule has 0 saturated heterocycles. The van der Waals surface area contributed by atoms with E-state index < -0.39 is 0 Å². The van der Waals surface area contributed by atoms with Crippen LogP contribution in [0.15, 0.2) is 42.5 Å². The Morgan fingerprint density at radius 1 is 1.08 bits per heavy atom. The van der Waals surface area contributed by atoms with E-state index in [1.807, 2.05) is 60.9 Å². The minimum absolute atomic E-state index is 0.127. The number of para-hydroxylation sites is 2. The van der Waals surface area contributed by atoms with Crippen LogP contribution in [0.2, 0.25) is 0 Å². The van der Waals surface area contributed by atoms with E-state index in [-0.39, 0.29) is 24.9 Å². The van der Waals surface area contributed by atoms with Crippen LogP contribution in [0, 0.1) is 13.8 Å². The first-order valence-electron chi connectivity index (χ1n) is 8.49. The highest BCUT2D eigenvalue weighted by Gasteiger charge is 2.14. The largest absolute Gasteiger partial charge is 0.349 e. The molecule has 0 spiro atoms. The van der Waals surface area contributed by atoms with Gasteiger partial charge in [0.15, 0.2) is 0 Å². The number of carbonyl (C=O) groups is 2. The molecule has 1 heterocycles. The van der Waals surface area contributed by atoms with E-state index in [9.17, 15) is 9.59 Å². The summed E-state index contributed by atoms with van der Waals surface area (Å²) >= 11 is 0. The van der Waals surface area contributed by atoms with E-state index in [1.54, 1.807) is 0 Å². The third-order valence-corrected chi connectivity index (χ3v) is 4.32. The van der Waals surface area contributed by atoms with Gasteiger partial charge in [0.1, 0.15) is 12.4 Å². The molecule has 6 nitrogen and oxygen atoms in total. The van der Waals surface area contributed by atoms with Crippen LogP contribution < -0.4 is 10.6 Å². The number of nitrogens with one attached hydrogen (secondary N) is 2. The first-order chi connectivity index (χ1) is 12.4. The Kier molecular flexibility index (Phi) is 5.02. The molecule has 2 amide bonds. The fourth-order valence-corrected chi connectivity index (χ4v) is 2.80. The van der Waals surface area contributed by atoms with Crippen LogP contribution >= 0.6 is 0 Å². The average molecular weight is 350 g/mol. The molecule has 0 aliphatic heterocycles. The van der Waals surface area contributed by atoms with Crippen LogP contribution in [-0.2, 0) is 22.7 Å². The van der Waals surface area contributed by atoms with E-state index in [0.717, 1.165) is 22.3 Å². The van der Waals surface area contributed by atoms with Gasteiger partial charge in [-0.2, -0.15) is 0 Å². The van der Waals surface area contributed by atoms with E-state index in [1.165, 1.54) is 12.5 Å². The minimum Gasteiger partial charge on any atom is -0.349 e. The van der Waals surface area contributed by atoms with Crippen molar-refractivity contribution in [2.45, 2.75) is 33.9 Å². The first-order valence-corrected chi connectivity index (χ1v) is 8.49. The van der Waals surface area contributed by atoms with Gasteiger partial charge in [-0.3, -0.25) is 9.59 Å². The van der Waals surface area contributed by atoms with Crippen LogP contribution in [0.1, 0.15) is 23.9 Å². The summed E-state index contributed by atoms with van der Waals surface area (Å²) in [5, 5.41) is 5.68. The fourth-order valence-electron chi connectivity index (χ4n) is 2.80. The molecule has 0 aliphatic carbocycles. The predicted molar refractivity (Wildman–Crippen MR) is 102 cm³/mol. The van der Waals surface area contributed by atoms with E-state index in [0.29, 0.717) is 5.82 Å². The number of anilines is 1. The number of hydrogen-bond acceptors (Lipinski definition) is 3. The monoisotopic (exact) mass is 350 g/mol. The summed E-state index contributed by atoms with van der Waals surface area (Å²) in [5.74, 6) is 0.375. The van der Waals surface area contributed by atoms with Crippen molar-refractivity contribution in [3.8, 4) is 0 Å². The van der Waals surface area contributed by atoms with Gasteiger partial charge in [-0.15, -0.1) is 0 Å². The van der Waals surface area contributed by atoms with Crippen molar-refractivity contribution in [3.05, 3.63) is 59.4 Å². The summed E-state index contributed by atoms with van der Waals surface area (Å²) in [7, 11) is 0. The minimum atomic E-state index is -0.138. The molecular formula is C20H22N4O2. The molecule has 2 N–H and O–H groups in total. The quantitative estimate of drug-likeness (QED) is 0.743. The maximum atomic E-state index is 12.6. The summed E-state index contributed by atoms with van der Waals surface area (Å²) in [5.41, 5.74) is 4.74. The second kappa shape index (κ2) is 7.39. The summed E-state index contributed by atoms with van der Waals surface area (Å²) < 4.78 is 1.83. The Morgan fingerprint density at radius 2 is 1.85 bits per heavy atom. The third kappa shape index (κ3) is 3.91. The van der Waals surface area contributed by atoms with Gasteiger partial charge in [-0.05, 0) is 49.2 Å². The Labute approximate surface area is 152 Å². The number of fused-ring (bicyclic) bond motifs is 1. The summed E-state index contributed by atoms with van der Waals surface area (Å²) in [6.45, 7) is 5.91. The van der Waals surface area contributed by atoms with Gasteiger partial charge < -0.3 is 15.2 Å². The number of aromatic nitrogens is 2. The smallest absolute Gasteiger partial charge is 0.244 e. The van der Waals surface area contributed by atoms with Gasteiger partial charge in [0.05, 0.1) is 17.6 Å². The van der Waals surface area contributed by atoms with Gasteiger partial charge >= 0.3 is 0 Å². The van der Waals surface area contributed by atoms with Crippen LogP contribution in [-0.4, -0.2) is 21.4 Å². The molecule has 6 heteroatoms. The second-order valence-electron chi connectivity index (χ2n) is 6.36. The highest BCUT2D eigenvalue weighted by Crippen LogP contribution is 2.17. The van der Waals surface area contributed by atoms with Crippen molar-refractivity contribution >= 4 is 28.5 Å². The lowest BCUT2D eigenvalue weighted by Crippen LogP contribution is -2.25. The molecule has 0 aliphatic rings. The van der Waals surface area contributed by atoms with Gasteiger partial charge in [0.2, 0.25) is 11.8 Å². The lowest BCUT2D eigenvalue weighted by atomic mass is 10.1. The number of nitrogens with zero attached hydrogens (tertiary/aromatic N) is 2. The molecule has 0 atom stereocenters. The SMILES string of the molecule is CC(=O)NCc1nc2ccccc2n1CC(=O)Nc1ccc(C)c(C)c1.